The summed E-state index contributed by atoms with van der Waals surface area (Å²) in [5, 5.41) is 10.9. The fourth-order valence-corrected chi connectivity index (χ4v) is 1.76. The van der Waals surface area contributed by atoms with Crippen molar-refractivity contribution in [1.82, 2.24) is 5.06 Å². The molecular formula is C12H19NO. The third kappa shape index (κ3) is 2.14. The van der Waals surface area contributed by atoms with Crippen LogP contribution in [-0.2, 0) is 6.42 Å². The lowest BCUT2D eigenvalue weighted by Gasteiger charge is -2.29. The highest BCUT2D eigenvalue weighted by Crippen LogP contribution is 2.26. The summed E-state index contributed by atoms with van der Waals surface area (Å²) in [6.07, 6.45) is 0.955. The topological polar surface area (TPSA) is 23.5 Å². The predicted octanol–water partition coefficient (Wildman–Crippen LogP) is 3.02. The molecule has 0 fully saturated rings. The van der Waals surface area contributed by atoms with Gasteiger partial charge >= 0.3 is 0 Å². The molecule has 1 atom stereocenters. The van der Waals surface area contributed by atoms with E-state index in [1.807, 2.05) is 26.8 Å². The second-order valence-electron chi connectivity index (χ2n) is 3.29. The Morgan fingerprint density at radius 1 is 1.29 bits per heavy atom. The van der Waals surface area contributed by atoms with Crippen LogP contribution in [0.1, 0.15) is 37.9 Å². The van der Waals surface area contributed by atoms with Gasteiger partial charge in [0.1, 0.15) is 0 Å². The summed E-state index contributed by atoms with van der Waals surface area (Å²) >= 11 is 0. The van der Waals surface area contributed by atoms with Gasteiger partial charge in [0.15, 0.2) is 0 Å². The van der Waals surface area contributed by atoms with Crippen molar-refractivity contribution in [3.8, 4) is 0 Å². The second-order valence-corrected chi connectivity index (χ2v) is 3.29. The maximum absolute atomic E-state index is 9.46. The lowest BCUT2D eigenvalue weighted by Crippen LogP contribution is -2.30. The Morgan fingerprint density at radius 3 is 2.64 bits per heavy atom. The average Bonchev–Trinajstić information content (AvgIpc) is 2.27. The van der Waals surface area contributed by atoms with Crippen LogP contribution >= 0.6 is 0 Å². The molecule has 1 aliphatic rings. The van der Waals surface area contributed by atoms with Crippen LogP contribution in [0.3, 0.4) is 0 Å². The minimum absolute atomic E-state index is 0.148. The van der Waals surface area contributed by atoms with E-state index < -0.39 is 0 Å². The maximum atomic E-state index is 9.46. The highest BCUT2D eigenvalue weighted by molar-refractivity contribution is 5.31. The first-order chi connectivity index (χ1) is 6.79. The molecule has 1 aromatic carbocycles. The van der Waals surface area contributed by atoms with Gasteiger partial charge in [-0.25, -0.2) is 0 Å². The van der Waals surface area contributed by atoms with Crippen molar-refractivity contribution in [2.24, 2.45) is 0 Å². The highest BCUT2D eigenvalue weighted by atomic mass is 16.5. The van der Waals surface area contributed by atoms with Gasteiger partial charge in [0, 0.05) is 6.54 Å². The molecule has 2 heteroatoms. The fraction of sp³-hybridized carbons (Fsp3) is 0.500. The first-order valence-corrected chi connectivity index (χ1v) is 5.32. The van der Waals surface area contributed by atoms with Gasteiger partial charge in [0.2, 0.25) is 0 Å². The van der Waals surface area contributed by atoms with E-state index in [1.165, 1.54) is 16.2 Å². The molecule has 1 heterocycles. The quantitative estimate of drug-likeness (QED) is 0.684. The molecule has 0 bridgehead atoms. The normalized spacial score (nSPS) is 20.7. The van der Waals surface area contributed by atoms with Crippen LogP contribution in [0.4, 0.5) is 0 Å². The zero-order valence-electron chi connectivity index (χ0n) is 9.20. The van der Waals surface area contributed by atoms with E-state index in [2.05, 4.69) is 18.2 Å². The van der Waals surface area contributed by atoms with Gasteiger partial charge in [0.05, 0.1) is 6.04 Å². The Bertz CT molecular complexity index is 285. The largest absolute Gasteiger partial charge is 0.313 e. The van der Waals surface area contributed by atoms with Crippen LogP contribution in [0.2, 0.25) is 0 Å². The summed E-state index contributed by atoms with van der Waals surface area (Å²) in [4.78, 5) is 0. The van der Waals surface area contributed by atoms with Gasteiger partial charge in [-0.1, -0.05) is 38.1 Å². The molecule has 1 aliphatic heterocycles. The summed E-state index contributed by atoms with van der Waals surface area (Å²) in [6, 6.07) is 8.45. The lowest BCUT2D eigenvalue weighted by atomic mass is 9.95. The molecule has 0 spiro atoms. The van der Waals surface area contributed by atoms with Crippen LogP contribution < -0.4 is 0 Å². The standard InChI is InChI=1S/C10H13NO.C2H6/c1-8-10-5-3-2-4-9(10)6-7-11(8)12;1-2/h2-5,8,12H,6-7H2,1H3;1-2H3. The minimum atomic E-state index is 0.148. The number of hydrogen-bond acceptors (Lipinski definition) is 2. The van der Waals surface area contributed by atoms with Gasteiger partial charge in [-0.2, -0.15) is 5.06 Å². The summed E-state index contributed by atoms with van der Waals surface area (Å²) in [7, 11) is 0. The van der Waals surface area contributed by atoms with Gasteiger partial charge in [-0.05, 0) is 24.5 Å². The highest BCUT2D eigenvalue weighted by Gasteiger charge is 2.21. The van der Waals surface area contributed by atoms with E-state index in [1.54, 1.807) is 0 Å². The number of benzene rings is 1. The number of hydroxylamine groups is 2. The average molecular weight is 193 g/mol. The molecule has 0 radical (unpaired) electrons. The summed E-state index contributed by atoms with van der Waals surface area (Å²) < 4.78 is 0. The van der Waals surface area contributed by atoms with Gasteiger partial charge < -0.3 is 5.21 Å². The molecule has 0 saturated carbocycles. The number of nitrogens with zero attached hydrogens (tertiary/aromatic N) is 1. The van der Waals surface area contributed by atoms with Gasteiger partial charge in [-0.3, -0.25) is 0 Å². The third-order valence-electron chi connectivity index (χ3n) is 2.56. The molecule has 0 amide bonds. The molecule has 0 aliphatic carbocycles. The SMILES string of the molecule is CC.CC1c2ccccc2CCN1O. The molecule has 1 unspecified atom stereocenters. The Labute approximate surface area is 86.1 Å². The van der Waals surface area contributed by atoms with Crippen LogP contribution in [0.15, 0.2) is 24.3 Å². The summed E-state index contributed by atoms with van der Waals surface area (Å²) in [6.45, 7) is 6.77. The second kappa shape index (κ2) is 5.13. The molecule has 78 valence electrons. The van der Waals surface area contributed by atoms with Crippen molar-refractivity contribution in [3.63, 3.8) is 0 Å². The predicted molar refractivity (Wildman–Crippen MR) is 58.4 cm³/mol. The Kier molecular flexibility index (Phi) is 4.11. The third-order valence-corrected chi connectivity index (χ3v) is 2.56. The zero-order chi connectivity index (χ0) is 10.6. The maximum Gasteiger partial charge on any atom is 0.0574 e. The molecule has 1 N–H and O–H groups in total. The van der Waals surface area contributed by atoms with Gasteiger partial charge in [0.25, 0.3) is 0 Å². The van der Waals surface area contributed by atoms with Crippen LogP contribution in [0.5, 0.6) is 0 Å². The lowest BCUT2D eigenvalue weighted by molar-refractivity contribution is -0.127. The van der Waals surface area contributed by atoms with E-state index in [9.17, 15) is 5.21 Å². The summed E-state index contributed by atoms with van der Waals surface area (Å²) in [5.74, 6) is 0. The molecule has 1 aromatic rings. The molecule has 0 saturated heterocycles. The number of fused-ring (bicyclic) bond motifs is 1. The van der Waals surface area contributed by atoms with E-state index in [4.69, 9.17) is 0 Å². The molecule has 0 aromatic heterocycles. The van der Waals surface area contributed by atoms with Gasteiger partial charge in [-0.15, -0.1) is 0 Å². The Balaban J connectivity index is 0.000000461. The van der Waals surface area contributed by atoms with Crippen LogP contribution in [-0.4, -0.2) is 16.8 Å². The molecule has 2 rings (SSSR count). The smallest absolute Gasteiger partial charge is 0.0574 e. The van der Waals surface area contributed by atoms with Crippen LogP contribution in [0.25, 0.3) is 0 Å². The Hall–Kier alpha value is -0.860. The Morgan fingerprint density at radius 2 is 1.93 bits per heavy atom. The van der Waals surface area contributed by atoms with E-state index >= 15 is 0 Å². The first kappa shape index (κ1) is 11.2. The molecular weight excluding hydrogens is 174 g/mol. The molecule has 2 nitrogen and oxygen atoms in total. The van der Waals surface area contributed by atoms with E-state index in [0.29, 0.717) is 0 Å². The van der Waals surface area contributed by atoms with Crippen molar-refractivity contribution < 1.29 is 5.21 Å². The fourth-order valence-electron chi connectivity index (χ4n) is 1.76. The number of rotatable bonds is 0. The van der Waals surface area contributed by atoms with Crippen molar-refractivity contribution in [2.75, 3.05) is 6.54 Å². The monoisotopic (exact) mass is 193 g/mol. The van der Waals surface area contributed by atoms with Crippen molar-refractivity contribution in [1.29, 1.82) is 0 Å². The molecule has 14 heavy (non-hydrogen) atoms. The van der Waals surface area contributed by atoms with E-state index in [-0.39, 0.29) is 6.04 Å². The first-order valence-electron chi connectivity index (χ1n) is 5.32. The number of hydrogen-bond donors (Lipinski definition) is 1. The van der Waals surface area contributed by atoms with Crippen LogP contribution in [0, 0.1) is 0 Å². The summed E-state index contributed by atoms with van der Waals surface area (Å²) in [5.41, 5.74) is 2.63. The van der Waals surface area contributed by atoms with Crippen molar-refractivity contribution in [3.05, 3.63) is 35.4 Å². The van der Waals surface area contributed by atoms with Crippen molar-refractivity contribution >= 4 is 0 Å². The minimum Gasteiger partial charge on any atom is -0.313 e. The zero-order valence-corrected chi connectivity index (χ0v) is 9.20. The van der Waals surface area contributed by atoms with Crippen molar-refractivity contribution in [2.45, 2.75) is 33.2 Å². The van der Waals surface area contributed by atoms with E-state index in [0.717, 1.165) is 13.0 Å².